The number of hydrogen-bond acceptors (Lipinski definition) is 5. The van der Waals surface area contributed by atoms with Gasteiger partial charge in [-0.05, 0) is 30.7 Å². The highest BCUT2D eigenvalue weighted by Gasteiger charge is 2.31. The largest absolute Gasteiger partial charge is 0.489 e. The van der Waals surface area contributed by atoms with E-state index in [-0.39, 0.29) is 11.9 Å². The summed E-state index contributed by atoms with van der Waals surface area (Å²) < 4.78 is 6.05. The Bertz CT molecular complexity index is 1170. The van der Waals surface area contributed by atoms with Crippen LogP contribution in [0.4, 0.5) is 0 Å². The Hall–Kier alpha value is -2.61. The number of ether oxygens (including phenoxy) is 1. The number of carbonyl (C=O) groups excluding carboxylic acids is 1. The summed E-state index contributed by atoms with van der Waals surface area (Å²) in [7, 11) is 0. The highest BCUT2D eigenvalue weighted by molar-refractivity contribution is 6.36. The van der Waals surface area contributed by atoms with Gasteiger partial charge < -0.3 is 4.74 Å². The van der Waals surface area contributed by atoms with Crippen molar-refractivity contribution >= 4 is 46.9 Å². The van der Waals surface area contributed by atoms with E-state index in [9.17, 15) is 4.79 Å². The molecule has 170 valence electrons. The third-order valence-electron chi connectivity index (χ3n) is 5.20. The first kappa shape index (κ1) is 23.5. The molecule has 1 aliphatic rings. The second-order valence-electron chi connectivity index (χ2n) is 7.45. The number of carbonyl (C=O) groups is 1. The molecular formula is C24H21Cl3N4O2. The van der Waals surface area contributed by atoms with E-state index in [4.69, 9.17) is 39.5 Å². The zero-order chi connectivity index (χ0) is 23.2. The first-order chi connectivity index (χ1) is 16.0. The molecule has 1 amide bonds. The number of amides is 1. The van der Waals surface area contributed by atoms with Gasteiger partial charge in [0.2, 0.25) is 0 Å². The first-order valence-corrected chi connectivity index (χ1v) is 11.4. The van der Waals surface area contributed by atoms with Crippen LogP contribution >= 0.6 is 34.8 Å². The first-order valence-electron chi connectivity index (χ1n) is 10.3. The van der Waals surface area contributed by atoms with Gasteiger partial charge in [-0.15, -0.1) is 0 Å². The van der Waals surface area contributed by atoms with Crippen molar-refractivity contribution in [2.75, 3.05) is 0 Å². The summed E-state index contributed by atoms with van der Waals surface area (Å²) in [4.78, 5) is 12.6. The summed E-state index contributed by atoms with van der Waals surface area (Å²) >= 11 is 18.2. The van der Waals surface area contributed by atoms with Crippen molar-refractivity contribution in [1.29, 1.82) is 0 Å². The topological polar surface area (TPSA) is 74.8 Å². The number of hydrogen-bond donors (Lipinski definition) is 3. The molecule has 0 aliphatic carbocycles. The summed E-state index contributed by atoms with van der Waals surface area (Å²) in [6.45, 7) is 0.350. The predicted molar refractivity (Wildman–Crippen MR) is 132 cm³/mol. The van der Waals surface area contributed by atoms with Gasteiger partial charge in [0.15, 0.2) is 0 Å². The fourth-order valence-electron chi connectivity index (χ4n) is 3.45. The van der Waals surface area contributed by atoms with E-state index in [1.165, 1.54) is 6.21 Å². The third-order valence-corrected chi connectivity index (χ3v) is 6.13. The van der Waals surface area contributed by atoms with Gasteiger partial charge in [0.25, 0.3) is 5.91 Å². The molecule has 1 heterocycles. The Kier molecular flexibility index (Phi) is 7.85. The minimum Gasteiger partial charge on any atom is -0.489 e. The fraction of sp³-hybridized carbons (Fsp3) is 0.167. The minimum absolute atomic E-state index is 0.113. The van der Waals surface area contributed by atoms with E-state index in [0.717, 1.165) is 16.9 Å². The summed E-state index contributed by atoms with van der Waals surface area (Å²) in [6.07, 6.45) is 2.00. The maximum Gasteiger partial charge on any atom is 0.258 e. The second-order valence-corrected chi connectivity index (χ2v) is 8.70. The molecule has 6 nitrogen and oxygen atoms in total. The van der Waals surface area contributed by atoms with Crippen molar-refractivity contribution in [3.8, 4) is 5.75 Å². The van der Waals surface area contributed by atoms with Gasteiger partial charge >= 0.3 is 0 Å². The van der Waals surface area contributed by atoms with Crippen LogP contribution in [0, 0.1) is 0 Å². The van der Waals surface area contributed by atoms with E-state index in [1.54, 1.807) is 18.2 Å². The molecule has 0 bridgehead atoms. The Morgan fingerprint density at radius 3 is 2.64 bits per heavy atom. The number of nitrogens with one attached hydrogen (secondary N) is 3. The Morgan fingerprint density at radius 2 is 1.82 bits per heavy atom. The van der Waals surface area contributed by atoms with Crippen molar-refractivity contribution in [1.82, 2.24) is 16.3 Å². The van der Waals surface area contributed by atoms with Crippen LogP contribution in [0.5, 0.6) is 5.75 Å². The average Bonchev–Trinajstić information content (AvgIpc) is 3.30. The molecule has 0 saturated carbocycles. The van der Waals surface area contributed by atoms with Gasteiger partial charge in [0.1, 0.15) is 18.4 Å². The van der Waals surface area contributed by atoms with Crippen LogP contribution in [-0.2, 0) is 11.4 Å². The average molecular weight is 504 g/mol. The highest BCUT2D eigenvalue weighted by Crippen LogP contribution is 2.31. The summed E-state index contributed by atoms with van der Waals surface area (Å²) in [5, 5.41) is 5.65. The second kappa shape index (κ2) is 11.0. The van der Waals surface area contributed by atoms with Crippen LogP contribution in [0.25, 0.3) is 0 Å². The summed E-state index contributed by atoms with van der Waals surface area (Å²) in [5.74, 6) is 0.467. The van der Waals surface area contributed by atoms with Crippen molar-refractivity contribution < 1.29 is 9.53 Å². The zero-order valence-electron chi connectivity index (χ0n) is 17.4. The number of hydrazone groups is 1. The third kappa shape index (κ3) is 6.05. The van der Waals surface area contributed by atoms with Crippen LogP contribution in [0.3, 0.4) is 0 Å². The molecule has 0 spiro atoms. The van der Waals surface area contributed by atoms with Gasteiger partial charge in [0, 0.05) is 26.7 Å². The van der Waals surface area contributed by atoms with E-state index in [2.05, 4.69) is 21.4 Å². The molecule has 0 aromatic heterocycles. The van der Waals surface area contributed by atoms with Crippen molar-refractivity contribution in [3.05, 3.63) is 98.5 Å². The summed E-state index contributed by atoms with van der Waals surface area (Å²) in [5.41, 5.74) is 11.3. The van der Waals surface area contributed by atoms with Crippen molar-refractivity contribution in [2.45, 2.75) is 25.1 Å². The molecule has 33 heavy (non-hydrogen) atoms. The standard InChI is InChI=1S/C24H21Cl3N4O2/c25-17-10-9-15(20(27)11-17)13-28-31-24(32)22-12-21(29-30-22)18-6-2-4-8-23(18)33-14-16-5-1-3-7-19(16)26/h1-11,13,21-22,29-30H,12,14H2,(H,31,32)/b28-13+. The lowest BCUT2D eigenvalue weighted by Crippen LogP contribution is -2.41. The Labute approximate surface area is 206 Å². The van der Waals surface area contributed by atoms with Crippen LogP contribution in [0.1, 0.15) is 29.2 Å². The molecule has 1 saturated heterocycles. The molecule has 0 radical (unpaired) electrons. The number of rotatable bonds is 7. The maximum absolute atomic E-state index is 12.6. The maximum atomic E-state index is 12.6. The molecule has 4 rings (SSSR count). The van der Waals surface area contributed by atoms with Gasteiger partial charge in [0.05, 0.1) is 17.3 Å². The normalized spacial score (nSPS) is 17.9. The SMILES string of the molecule is O=C(N/N=C/c1ccc(Cl)cc1Cl)C1CC(c2ccccc2OCc2ccccc2Cl)NN1. The lowest BCUT2D eigenvalue weighted by Gasteiger charge is -2.16. The van der Waals surface area contributed by atoms with E-state index in [1.807, 2.05) is 48.5 Å². The van der Waals surface area contributed by atoms with E-state index < -0.39 is 6.04 Å². The molecule has 3 aromatic carbocycles. The van der Waals surface area contributed by atoms with Gasteiger partial charge in [-0.3, -0.25) is 4.79 Å². The molecule has 1 fully saturated rings. The molecular weight excluding hydrogens is 483 g/mol. The van der Waals surface area contributed by atoms with E-state index >= 15 is 0 Å². The molecule has 9 heteroatoms. The smallest absolute Gasteiger partial charge is 0.258 e. The molecule has 2 atom stereocenters. The summed E-state index contributed by atoms with van der Waals surface area (Å²) in [6, 6.07) is 19.8. The number of nitrogens with zero attached hydrogens (tertiary/aromatic N) is 1. The highest BCUT2D eigenvalue weighted by atomic mass is 35.5. The number of para-hydroxylation sites is 1. The number of hydrazine groups is 1. The zero-order valence-corrected chi connectivity index (χ0v) is 19.7. The van der Waals surface area contributed by atoms with Gasteiger partial charge in [-0.25, -0.2) is 16.3 Å². The number of halogens is 3. The monoisotopic (exact) mass is 502 g/mol. The quantitative estimate of drug-likeness (QED) is 0.303. The van der Waals surface area contributed by atoms with Crippen LogP contribution in [0.2, 0.25) is 15.1 Å². The van der Waals surface area contributed by atoms with Crippen molar-refractivity contribution in [2.24, 2.45) is 5.10 Å². The lowest BCUT2D eigenvalue weighted by atomic mass is 10.0. The van der Waals surface area contributed by atoms with Crippen LogP contribution in [0.15, 0.2) is 71.8 Å². The fourth-order valence-corrected chi connectivity index (χ4v) is 4.10. The Morgan fingerprint density at radius 1 is 1.03 bits per heavy atom. The van der Waals surface area contributed by atoms with Crippen LogP contribution < -0.4 is 21.0 Å². The van der Waals surface area contributed by atoms with Crippen LogP contribution in [-0.4, -0.2) is 18.2 Å². The molecule has 3 aromatic rings. The minimum atomic E-state index is -0.468. The molecule has 3 N–H and O–H groups in total. The Balaban J connectivity index is 1.36. The van der Waals surface area contributed by atoms with Gasteiger partial charge in [-0.1, -0.05) is 77.3 Å². The van der Waals surface area contributed by atoms with Crippen molar-refractivity contribution in [3.63, 3.8) is 0 Å². The lowest BCUT2D eigenvalue weighted by molar-refractivity contribution is -0.122. The van der Waals surface area contributed by atoms with Gasteiger partial charge in [-0.2, -0.15) is 5.10 Å². The predicted octanol–water partition coefficient (Wildman–Crippen LogP) is 5.28. The van der Waals surface area contributed by atoms with E-state index in [0.29, 0.717) is 33.7 Å². The number of benzene rings is 3. The molecule has 1 aliphatic heterocycles. The molecule has 2 unspecified atom stereocenters.